The van der Waals surface area contributed by atoms with Gasteiger partial charge in [0.1, 0.15) is 11.6 Å². The van der Waals surface area contributed by atoms with Crippen molar-refractivity contribution in [2.75, 3.05) is 5.32 Å². The second-order valence-corrected chi connectivity index (χ2v) is 5.62. The maximum atomic E-state index is 13.8. The second kappa shape index (κ2) is 4.93. The molecule has 0 aromatic heterocycles. The van der Waals surface area contributed by atoms with Gasteiger partial charge in [0.05, 0.1) is 6.04 Å². The van der Waals surface area contributed by atoms with Gasteiger partial charge in [0, 0.05) is 15.7 Å². The fraction of sp³-hybridized carbons (Fsp3) is 0.200. The minimum absolute atomic E-state index is 0.0249. The molecule has 98 valence electrons. The Bertz CT molecular complexity index is 628. The molecule has 0 radical (unpaired) electrons. The zero-order valence-corrected chi connectivity index (χ0v) is 11.7. The summed E-state index contributed by atoms with van der Waals surface area (Å²) in [6.45, 7) is 0. The summed E-state index contributed by atoms with van der Waals surface area (Å²) in [6, 6.07) is 9.90. The summed E-state index contributed by atoms with van der Waals surface area (Å²) >= 11 is 3.29. The van der Waals surface area contributed by atoms with Crippen LogP contribution in [0, 0.1) is 11.6 Å². The lowest BCUT2D eigenvalue weighted by Gasteiger charge is -2.28. The first kappa shape index (κ1) is 12.6. The molecule has 1 N–H and O–H groups in total. The Morgan fingerprint density at radius 3 is 2.79 bits per heavy atom. The third kappa shape index (κ3) is 2.50. The van der Waals surface area contributed by atoms with Gasteiger partial charge in [0.25, 0.3) is 0 Å². The van der Waals surface area contributed by atoms with Crippen LogP contribution in [0.3, 0.4) is 0 Å². The first-order chi connectivity index (χ1) is 9.13. The van der Waals surface area contributed by atoms with Gasteiger partial charge in [-0.15, -0.1) is 0 Å². The fourth-order valence-corrected chi connectivity index (χ4v) is 2.94. The molecule has 1 aliphatic rings. The van der Waals surface area contributed by atoms with Gasteiger partial charge in [-0.3, -0.25) is 0 Å². The van der Waals surface area contributed by atoms with Gasteiger partial charge in [-0.25, -0.2) is 8.78 Å². The first-order valence-electron chi connectivity index (χ1n) is 6.13. The number of hydrogen-bond acceptors (Lipinski definition) is 1. The van der Waals surface area contributed by atoms with Crippen LogP contribution >= 0.6 is 15.9 Å². The van der Waals surface area contributed by atoms with E-state index < -0.39 is 0 Å². The number of nitrogens with one attached hydrogen (secondary N) is 1. The SMILES string of the molecule is Fc1cccc(C2CCc3c(F)cc(Br)cc3N2)c1. The van der Waals surface area contributed by atoms with Crippen LogP contribution in [-0.2, 0) is 6.42 Å². The van der Waals surface area contributed by atoms with Crippen molar-refractivity contribution in [2.45, 2.75) is 18.9 Å². The van der Waals surface area contributed by atoms with E-state index in [0.717, 1.165) is 17.7 Å². The van der Waals surface area contributed by atoms with Gasteiger partial charge in [-0.05, 0) is 42.7 Å². The molecule has 1 unspecified atom stereocenters. The summed E-state index contributed by atoms with van der Waals surface area (Å²) in [5, 5.41) is 3.29. The number of halogens is 3. The topological polar surface area (TPSA) is 12.0 Å². The van der Waals surface area contributed by atoms with Crippen molar-refractivity contribution < 1.29 is 8.78 Å². The molecule has 0 saturated carbocycles. The third-order valence-corrected chi connectivity index (χ3v) is 3.88. The Morgan fingerprint density at radius 1 is 1.16 bits per heavy atom. The highest BCUT2D eigenvalue weighted by Crippen LogP contribution is 2.35. The molecule has 0 bridgehead atoms. The molecule has 0 fully saturated rings. The largest absolute Gasteiger partial charge is 0.378 e. The average molecular weight is 324 g/mol. The fourth-order valence-electron chi connectivity index (χ4n) is 2.51. The summed E-state index contributed by atoms with van der Waals surface area (Å²) in [4.78, 5) is 0. The van der Waals surface area contributed by atoms with Crippen molar-refractivity contribution in [3.63, 3.8) is 0 Å². The maximum absolute atomic E-state index is 13.8. The van der Waals surface area contributed by atoms with E-state index in [1.54, 1.807) is 6.07 Å². The minimum atomic E-state index is -0.245. The predicted octanol–water partition coefficient (Wildman–Crippen LogP) is 4.83. The summed E-state index contributed by atoms with van der Waals surface area (Å²) in [6.07, 6.45) is 1.41. The molecule has 2 aromatic rings. The molecular weight excluding hydrogens is 312 g/mol. The van der Waals surface area contributed by atoms with Crippen LogP contribution in [0.4, 0.5) is 14.5 Å². The van der Waals surface area contributed by atoms with Gasteiger partial charge >= 0.3 is 0 Å². The van der Waals surface area contributed by atoms with E-state index in [-0.39, 0.29) is 17.7 Å². The van der Waals surface area contributed by atoms with Crippen LogP contribution in [0.2, 0.25) is 0 Å². The molecule has 1 heterocycles. The van der Waals surface area contributed by atoms with Gasteiger partial charge in [0.15, 0.2) is 0 Å². The second-order valence-electron chi connectivity index (χ2n) is 4.70. The lowest BCUT2D eigenvalue weighted by Crippen LogP contribution is -2.19. The van der Waals surface area contributed by atoms with Gasteiger partial charge in [-0.2, -0.15) is 0 Å². The summed E-state index contributed by atoms with van der Waals surface area (Å²) in [5.74, 6) is -0.444. The highest BCUT2D eigenvalue weighted by atomic mass is 79.9. The highest BCUT2D eigenvalue weighted by Gasteiger charge is 2.22. The summed E-state index contributed by atoms with van der Waals surface area (Å²) in [5.41, 5.74) is 2.38. The van der Waals surface area contributed by atoms with Crippen molar-refractivity contribution in [3.05, 3.63) is 63.6 Å². The van der Waals surface area contributed by atoms with Crippen LogP contribution in [0.25, 0.3) is 0 Å². The van der Waals surface area contributed by atoms with E-state index in [2.05, 4.69) is 21.2 Å². The van der Waals surface area contributed by atoms with Crippen LogP contribution in [-0.4, -0.2) is 0 Å². The normalized spacial score (nSPS) is 17.7. The Hall–Kier alpha value is -1.42. The number of anilines is 1. The average Bonchev–Trinajstić information content (AvgIpc) is 2.37. The smallest absolute Gasteiger partial charge is 0.129 e. The Morgan fingerprint density at radius 2 is 2.00 bits per heavy atom. The molecule has 1 atom stereocenters. The summed E-state index contributed by atoms with van der Waals surface area (Å²) in [7, 11) is 0. The molecule has 4 heteroatoms. The molecule has 1 nitrogen and oxygen atoms in total. The molecule has 3 rings (SSSR count). The summed E-state index contributed by atoms with van der Waals surface area (Å²) < 4.78 is 27.8. The molecule has 0 saturated heterocycles. The molecule has 0 amide bonds. The standard InChI is InChI=1S/C15H12BrF2N/c16-10-7-13(18)12-4-5-14(19-15(12)8-10)9-2-1-3-11(17)6-9/h1-3,6-8,14,19H,4-5H2. The number of benzene rings is 2. The van der Waals surface area contributed by atoms with Gasteiger partial charge in [0.2, 0.25) is 0 Å². The number of fused-ring (bicyclic) bond motifs is 1. The molecule has 2 aromatic carbocycles. The van der Waals surface area contributed by atoms with Crippen molar-refractivity contribution in [1.82, 2.24) is 0 Å². The third-order valence-electron chi connectivity index (χ3n) is 3.42. The van der Waals surface area contributed by atoms with E-state index in [1.807, 2.05) is 12.1 Å². The molecular formula is C15H12BrF2N. The zero-order valence-electron chi connectivity index (χ0n) is 10.1. The maximum Gasteiger partial charge on any atom is 0.129 e. The van der Waals surface area contributed by atoms with Crippen LogP contribution in [0.5, 0.6) is 0 Å². The van der Waals surface area contributed by atoms with Crippen molar-refractivity contribution in [3.8, 4) is 0 Å². The Balaban J connectivity index is 1.94. The van der Waals surface area contributed by atoms with Crippen molar-refractivity contribution in [2.24, 2.45) is 0 Å². The highest BCUT2D eigenvalue weighted by molar-refractivity contribution is 9.10. The van der Waals surface area contributed by atoms with Crippen LogP contribution < -0.4 is 5.32 Å². The van der Waals surface area contributed by atoms with E-state index in [4.69, 9.17) is 0 Å². The van der Waals surface area contributed by atoms with E-state index in [1.165, 1.54) is 18.2 Å². The van der Waals surface area contributed by atoms with E-state index >= 15 is 0 Å². The molecule has 1 aliphatic heterocycles. The first-order valence-corrected chi connectivity index (χ1v) is 6.93. The quantitative estimate of drug-likeness (QED) is 0.792. The Kier molecular flexibility index (Phi) is 3.27. The Labute approximate surface area is 118 Å². The van der Waals surface area contributed by atoms with E-state index in [9.17, 15) is 8.78 Å². The lowest BCUT2D eigenvalue weighted by atomic mass is 9.93. The minimum Gasteiger partial charge on any atom is -0.378 e. The van der Waals surface area contributed by atoms with Crippen LogP contribution in [0.1, 0.15) is 23.6 Å². The van der Waals surface area contributed by atoms with Gasteiger partial charge < -0.3 is 5.32 Å². The van der Waals surface area contributed by atoms with Crippen molar-refractivity contribution >= 4 is 21.6 Å². The monoisotopic (exact) mass is 323 g/mol. The predicted molar refractivity (Wildman–Crippen MR) is 75.2 cm³/mol. The van der Waals surface area contributed by atoms with Crippen LogP contribution in [0.15, 0.2) is 40.9 Å². The molecule has 0 aliphatic carbocycles. The van der Waals surface area contributed by atoms with Gasteiger partial charge in [-0.1, -0.05) is 28.1 Å². The number of rotatable bonds is 1. The van der Waals surface area contributed by atoms with E-state index in [0.29, 0.717) is 16.5 Å². The molecule has 19 heavy (non-hydrogen) atoms. The number of hydrogen-bond donors (Lipinski definition) is 1. The lowest BCUT2D eigenvalue weighted by molar-refractivity contribution is 0.577. The van der Waals surface area contributed by atoms with Crippen molar-refractivity contribution in [1.29, 1.82) is 0 Å². The zero-order chi connectivity index (χ0) is 13.4. The molecule has 0 spiro atoms.